The van der Waals surface area contributed by atoms with Crippen molar-refractivity contribution in [3.05, 3.63) is 108 Å². The standard InChI is InChI=1S/C25H24N2S2/c1-24(17-19-11-5-2-6-12-19)25(29-23(27-24)21-15-9-4-10-16-21)22(26-18-28-25)20-13-7-3-8-14-20/h2-16,22,26H,17-18H2,1H3/t22-,24+,25+/m1/s1. The summed E-state index contributed by atoms with van der Waals surface area (Å²) in [6, 6.07) is 32.5. The van der Waals surface area contributed by atoms with Gasteiger partial charge in [0.25, 0.3) is 0 Å². The van der Waals surface area contributed by atoms with Gasteiger partial charge in [0.05, 0.1) is 16.6 Å². The van der Waals surface area contributed by atoms with Gasteiger partial charge in [-0.3, -0.25) is 10.3 Å². The van der Waals surface area contributed by atoms with E-state index in [-0.39, 0.29) is 15.7 Å². The van der Waals surface area contributed by atoms with Crippen LogP contribution in [-0.4, -0.2) is 20.5 Å². The number of rotatable bonds is 4. The number of nitrogens with zero attached hydrogens (tertiary/aromatic N) is 1. The maximum absolute atomic E-state index is 5.42. The Kier molecular flexibility index (Phi) is 5.02. The van der Waals surface area contributed by atoms with Crippen molar-refractivity contribution in [3.63, 3.8) is 0 Å². The Morgan fingerprint density at radius 2 is 1.52 bits per heavy atom. The van der Waals surface area contributed by atoms with Crippen LogP contribution in [0.4, 0.5) is 0 Å². The van der Waals surface area contributed by atoms with Gasteiger partial charge in [0, 0.05) is 11.4 Å². The SMILES string of the molecule is C[C@@]1(Cc2ccccc2)N=C(c2ccccc2)S[C@]12SCN[C@@H]2c1ccccc1. The summed E-state index contributed by atoms with van der Waals surface area (Å²) in [5, 5.41) is 4.94. The number of nitrogens with one attached hydrogen (secondary N) is 1. The molecule has 5 rings (SSSR count). The molecular weight excluding hydrogens is 392 g/mol. The van der Waals surface area contributed by atoms with E-state index in [1.807, 2.05) is 23.5 Å². The summed E-state index contributed by atoms with van der Waals surface area (Å²) in [7, 11) is 0. The molecule has 0 aliphatic carbocycles. The lowest BCUT2D eigenvalue weighted by atomic mass is 9.83. The van der Waals surface area contributed by atoms with Gasteiger partial charge in [-0.25, -0.2) is 0 Å². The molecule has 3 aromatic rings. The molecule has 4 heteroatoms. The highest BCUT2D eigenvalue weighted by molar-refractivity contribution is 8.27. The van der Waals surface area contributed by atoms with Gasteiger partial charge in [-0.15, -0.1) is 11.8 Å². The molecule has 2 aliphatic rings. The Bertz CT molecular complexity index is 1010. The van der Waals surface area contributed by atoms with Crippen LogP contribution in [0.1, 0.15) is 29.7 Å². The van der Waals surface area contributed by atoms with Crippen LogP contribution in [0.3, 0.4) is 0 Å². The second-order valence-corrected chi connectivity index (χ2v) is 10.5. The normalized spacial score (nSPS) is 28.6. The van der Waals surface area contributed by atoms with Gasteiger partial charge in [0.2, 0.25) is 0 Å². The zero-order valence-corrected chi connectivity index (χ0v) is 18.0. The van der Waals surface area contributed by atoms with Crippen molar-refractivity contribution in [1.82, 2.24) is 5.32 Å². The average Bonchev–Trinajstić information content (AvgIpc) is 3.32. The second kappa shape index (κ2) is 7.67. The predicted octanol–water partition coefficient (Wildman–Crippen LogP) is 5.91. The van der Waals surface area contributed by atoms with Crippen molar-refractivity contribution >= 4 is 28.6 Å². The first-order valence-corrected chi connectivity index (χ1v) is 11.8. The van der Waals surface area contributed by atoms with E-state index in [2.05, 4.69) is 103 Å². The fraction of sp³-hybridized carbons (Fsp3) is 0.240. The largest absolute Gasteiger partial charge is 0.299 e. The minimum Gasteiger partial charge on any atom is -0.299 e. The first-order chi connectivity index (χ1) is 14.2. The third-order valence-corrected chi connectivity index (χ3v) is 9.36. The first-order valence-electron chi connectivity index (χ1n) is 10.0. The fourth-order valence-electron chi connectivity index (χ4n) is 4.43. The van der Waals surface area contributed by atoms with E-state index in [0.29, 0.717) is 0 Å². The van der Waals surface area contributed by atoms with Crippen LogP contribution in [0, 0.1) is 0 Å². The van der Waals surface area contributed by atoms with Gasteiger partial charge in [-0.1, -0.05) is 103 Å². The molecule has 1 saturated heterocycles. The van der Waals surface area contributed by atoms with E-state index in [1.165, 1.54) is 16.7 Å². The van der Waals surface area contributed by atoms with Gasteiger partial charge in [-0.2, -0.15) is 0 Å². The van der Waals surface area contributed by atoms with E-state index >= 15 is 0 Å². The number of hydrogen-bond donors (Lipinski definition) is 1. The molecule has 146 valence electrons. The van der Waals surface area contributed by atoms with Crippen molar-refractivity contribution in [1.29, 1.82) is 0 Å². The zero-order chi connectivity index (χ0) is 19.7. The first kappa shape index (κ1) is 19.0. The van der Waals surface area contributed by atoms with Crippen LogP contribution in [0.15, 0.2) is 96.0 Å². The van der Waals surface area contributed by atoms with Crippen molar-refractivity contribution in [2.75, 3.05) is 5.88 Å². The van der Waals surface area contributed by atoms with Crippen LogP contribution in [-0.2, 0) is 6.42 Å². The summed E-state index contributed by atoms with van der Waals surface area (Å²) in [4.78, 5) is 5.42. The Balaban J connectivity index is 1.61. The highest BCUT2D eigenvalue weighted by Gasteiger charge is 2.61. The summed E-state index contributed by atoms with van der Waals surface area (Å²) in [5.41, 5.74) is 3.67. The molecule has 1 spiro atoms. The van der Waals surface area contributed by atoms with Crippen LogP contribution >= 0.6 is 23.5 Å². The smallest absolute Gasteiger partial charge is 0.113 e. The number of aliphatic imine (C=N–C) groups is 1. The molecule has 29 heavy (non-hydrogen) atoms. The monoisotopic (exact) mass is 416 g/mol. The highest BCUT2D eigenvalue weighted by atomic mass is 32.2. The Labute approximate surface area is 181 Å². The molecule has 3 aromatic carbocycles. The minimum absolute atomic E-state index is 0.0879. The molecule has 1 fully saturated rings. The molecule has 0 bridgehead atoms. The fourth-order valence-corrected chi connectivity index (χ4v) is 7.82. The molecule has 2 heterocycles. The molecule has 2 aliphatic heterocycles. The predicted molar refractivity (Wildman–Crippen MR) is 127 cm³/mol. The summed E-state index contributed by atoms with van der Waals surface area (Å²) in [5.74, 6) is 0.939. The quantitative estimate of drug-likeness (QED) is 0.572. The van der Waals surface area contributed by atoms with Gasteiger partial charge in [0.15, 0.2) is 0 Å². The maximum atomic E-state index is 5.42. The molecule has 3 atom stereocenters. The van der Waals surface area contributed by atoms with Crippen molar-refractivity contribution < 1.29 is 0 Å². The van der Waals surface area contributed by atoms with Crippen LogP contribution in [0.25, 0.3) is 0 Å². The Morgan fingerprint density at radius 3 is 2.21 bits per heavy atom. The summed E-state index contributed by atoms with van der Waals surface area (Å²) in [6.07, 6.45) is 0.926. The lowest BCUT2D eigenvalue weighted by Gasteiger charge is -2.41. The molecule has 2 nitrogen and oxygen atoms in total. The number of hydrogen-bond acceptors (Lipinski definition) is 4. The molecule has 1 N–H and O–H groups in total. The van der Waals surface area contributed by atoms with E-state index in [9.17, 15) is 0 Å². The van der Waals surface area contributed by atoms with Gasteiger partial charge >= 0.3 is 0 Å². The van der Waals surface area contributed by atoms with Crippen LogP contribution in [0.2, 0.25) is 0 Å². The maximum Gasteiger partial charge on any atom is 0.113 e. The topological polar surface area (TPSA) is 24.4 Å². The van der Waals surface area contributed by atoms with Gasteiger partial charge in [0.1, 0.15) is 4.08 Å². The van der Waals surface area contributed by atoms with Crippen molar-refractivity contribution in [2.24, 2.45) is 4.99 Å². The Morgan fingerprint density at radius 1 is 0.897 bits per heavy atom. The zero-order valence-electron chi connectivity index (χ0n) is 16.4. The molecule has 0 amide bonds. The van der Waals surface area contributed by atoms with Gasteiger partial charge in [-0.05, 0) is 24.5 Å². The lowest BCUT2D eigenvalue weighted by molar-refractivity contribution is 0.375. The summed E-state index contributed by atoms with van der Waals surface area (Å²) in [6.45, 7) is 2.35. The van der Waals surface area contributed by atoms with E-state index in [4.69, 9.17) is 4.99 Å². The lowest BCUT2D eigenvalue weighted by Crippen LogP contribution is -2.48. The molecular formula is C25H24N2S2. The summed E-state index contributed by atoms with van der Waals surface area (Å²) >= 11 is 3.97. The Hall–Kier alpha value is -2.01. The second-order valence-electron chi connectivity index (χ2n) is 7.83. The van der Waals surface area contributed by atoms with Gasteiger partial charge < -0.3 is 0 Å². The van der Waals surface area contributed by atoms with E-state index in [0.717, 1.165) is 17.3 Å². The molecule has 0 radical (unpaired) electrons. The number of benzene rings is 3. The van der Waals surface area contributed by atoms with E-state index < -0.39 is 0 Å². The minimum atomic E-state index is -0.223. The average molecular weight is 417 g/mol. The molecule has 0 saturated carbocycles. The highest BCUT2D eigenvalue weighted by Crippen LogP contribution is 2.63. The number of thioether (sulfide) groups is 2. The summed E-state index contributed by atoms with van der Waals surface area (Å²) < 4.78 is -0.0879. The third kappa shape index (κ3) is 3.33. The molecule has 0 unspecified atom stereocenters. The third-order valence-electron chi connectivity index (χ3n) is 5.85. The van der Waals surface area contributed by atoms with E-state index in [1.54, 1.807) is 0 Å². The molecule has 0 aromatic heterocycles. The van der Waals surface area contributed by atoms with Crippen molar-refractivity contribution in [2.45, 2.75) is 29.0 Å². The van der Waals surface area contributed by atoms with Crippen LogP contribution < -0.4 is 5.32 Å². The van der Waals surface area contributed by atoms with Crippen LogP contribution in [0.5, 0.6) is 0 Å². The van der Waals surface area contributed by atoms with Crippen molar-refractivity contribution in [3.8, 4) is 0 Å².